The Bertz CT molecular complexity index is 849. The van der Waals surface area contributed by atoms with Crippen LogP contribution >= 0.6 is 0 Å². The van der Waals surface area contributed by atoms with E-state index in [2.05, 4.69) is 0 Å². The molecular weight excluding hydrogens is 416 g/mol. The smallest absolute Gasteiger partial charge is 0.225 e. The molecule has 1 aromatic rings. The molecule has 1 saturated heterocycles. The van der Waals surface area contributed by atoms with E-state index in [9.17, 15) is 23.2 Å². The molecule has 0 spiro atoms. The van der Waals surface area contributed by atoms with Crippen LogP contribution in [-0.2, 0) is 20.8 Å². The van der Waals surface area contributed by atoms with Gasteiger partial charge < -0.3 is 14.7 Å². The molecule has 0 radical (unpaired) electrons. The number of likely N-dealkylation sites (tertiary alicyclic amines) is 1. The number of piperidine rings is 1. The van der Waals surface area contributed by atoms with Gasteiger partial charge in [-0.3, -0.25) is 14.4 Å². The van der Waals surface area contributed by atoms with Crippen LogP contribution in [0.5, 0.6) is 0 Å². The molecule has 0 bridgehead atoms. The van der Waals surface area contributed by atoms with Gasteiger partial charge in [-0.05, 0) is 49.7 Å². The van der Waals surface area contributed by atoms with E-state index in [4.69, 9.17) is 0 Å². The molecule has 2 fully saturated rings. The fourth-order valence-electron chi connectivity index (χ4n) is 4.44. The van der Waals surface area contributed by atoms with E-state index >= 15 is 0 Å². The molecule has 32 heavy (non-hydrogen) atoms. The summed E-state index contributed by atoms with van der Waals surface area (Å²) >= 11 is 0. The number of benzene rings is 1. The fraction of sp³-hybridized carbons (Fsp3) is 0.625. The fourth-order valence-corrected chi connectivity index (χ4v) is 4.44. The van der Waals surface area contributed by atoms with Gasteiger partial charge in [0, 0.05) is 65.1 Å². The predicted molar refractivity (Wildman–Crippen MR) is 117 cm³/mol. The molecule has 1 aliphatic heterocycles. The highest BCUT2D eigenvalue weighted by Gasteiger charge is 2.38. The van der Waals surface area contributed by atoms with Crippen molar-refractivity contribution in [3.63, 3.8) is 0 Å². The third-order valence-corrected chi connectivity index (χ3v) is 6.70. The van der Waals surface area contributed by atoms with Crippen LogP contribution in [0, 0.1) is 23.5 Å². The zero-order valence-electron chi connectivity index (χ0n) is 19.2. The highest BCUT2D eigenvalue weighted by Crippen LogP contribution is 2.34. The zero-order chi connectivity index (χ0) is 23.4. The van der Waals surface area contributed by atoms with E-state index in [1.54, 1.807) is 30.9 Å². The van der Waals surface area contributed by atoms with Crippen LogP contribution in [0.3, 0.4) is 0 Å². The van der Waals surface area contributed by atoms with Gasteiger partial charge in [-0.15, -0.1) is 0 Å². The van der Waals surface area contributed by atoms with Crippen molar-refractivity contribution in [3.8, 4) is 0 Å². The SMILES string of the molecule is CN(C)C(=O)CCC(=O)N1CCC(C(Cc2ccc(F)cc2F)N(C)C(=O)C2CC2)CC1. The van der Waals surface area contributed by atoms with Gasteiger partial charge in [0.15, 0.2) is 0 Å². The average molecular weight is 450 g/mol. The first-order valence-corrected chi connectivity index (χ1v) is 11.4. The van der Waals surface area contributed by atoms with Crippen LogP contribution in [0.25, 0.3) is 0 Å². The first kappa shape index (κ1) is 24.1. The van der Waals surface area contributed by atoms with E-state index in [-0.39, 0.29) is 48.4 Å². The van der Waals surface area contributed by atoms with Gasteiger partial charge in [0.2, 0.25) is 17.7 Å². The monoisotopic (exact) mass is 449 g/mol. The van der Waals surface area contributed by atoms with Gasteiger partial charge in [0.25, 0.3) is 0 Å². The molecule has 0 N–H and O–H groups in total. The third kappa shape index (κ3) is 6.04. The topological polar surface area (TPSA) is 60.9 Å². The Labute approximate surface area is 188 Å². The molecule has 8 heteroatoms. The van der Waals surface area contributed by atoms with E-state index < -0.39 is 11.6 Å². The van der Waals surface area contributed by atoms with Crippen LogP contribution in [0.15, 0.2) is 18.2 Å². The number of hydrogen-bond donors (Lipinski definition) is 0. The normalized spacial score (nSPS) is 17.7. The molecule has 2 aliphatic rings. The Hall–Kier alpha value is -2.51. The number of carbonyl (C=O) groups is 3. The van der Waals surface area contributed by atoms with Crippen LogP contribution in [0.2, 0.25) is 0 Å². The van der Waals surface area contributed by atoms with Crippen LogP contribution in [0.1, 0.15) is 44.1 Å². The molecule has 0 aromatic heterocycles. The molecule has 176 valence electrons. The standard InChI is InChI=1S/C24H33F2N3O3/c1-27(2)22(30)8-9-23(31)29-12-10-16(11-13-29)21(28(3)24(32)17-4-5-17)14-18-6-7-19(25)15-20(18)26/h6-7,15-17,21H,4-5,8-14H2,1-3H3. The van der Waals surface area contributed by atoms with Crippen LogP contribution in [-0.4, -0.2) is 72.7 Å². The summed E-state index contributed by atoms with van der Waals surface area (Å²) in [6.07, 6.45) is 3.87. The van der Waals surface area contributed by atoms with Crippen molar-refractivity contribution in [2.75, 3.05) is 34.2 Å². The number of amides is 3. The maximum Gasteiger partial charge on any atom is 0.225 e. The summed E-state index contributed by atoms with van der Waals surface area (Å²) < 4.78 is 27.7. The van der Waals surface area contributed by atoms with Crippen molar-refractivity contribution in [2.45, 2.75) is 51.0 Å². The number of halogens is 2. The highest BCUT2D eigenvalue weighted by atomic mass is 19.1. The van der Waals surface area contributed by atoms with Gasteiger partial charge in [-0.2, -0.15) is 0 Å². The first-order chi connectivity index (χ1) is 15.2. The Balaban J connectivity index is 1.64. The second-order valence-electron chi connectivity index (χ2n) is 9.24. The number of nitrogens with zero attached hydrogens (tertiary/aromatic N) is 3. The maximum atomic E-state index is 14.4. The molecular formula is C24H33F2N3O3. The van der Waals surface area contributed by atoms with E-state index in [0.29, 0.717) is 37.9 Å². The molecule has 1 aliphatic carbocycles. The summed E-state index contributed by atoms with van der Waals surface area (Å²) in [5.41, 5.74) is 0.396. The van der Waals surface area contributed by atoms with Gasteiger partial charge in [0.05, 0.1) is 0 Å². The Morgan fingerprint density at radius 1 is 1.03 bits per heavy atom. The van der Waals surface area contributed by atoms with Crippen LogP contribution < -0.4 is 0 Å². The Morgan fingerprint density at radius 2 is 1.69 bits per heavy atom. The van der Waals surface area contributed by atoms with Gasteiger partial charge in [-0.25, -0.2) is 8.78 Å². The second kappa shape index (κ2) is 10.4. The molecule has 1 unspecified atom stereocenters. The molecule has 3 amide bonds. The Kier molecular flexibility index (Phi) is 7.85. The molecule has 1 aromatic carbocycles. The largest absolute Gasteiger partial charge is 0.349 e. The number of likely N-dealkylation sites (N-methyl/N-ethyl adjacent to an activating group) is 1. The lowest BCUT2D eigenvalue weighted by Gasteiger charge is -2.40. The van der Waals surface area contributed by atoms with Crippen molar-refractivity contribution in [1.82, 2.24) is 14.7 Å². The quantitative estimate of drug-likeness (QED) is 0.613. The van der Waals surface area contributed by atoms with Crippen molar-refractivity contribution in [2.24, 2.45) is 11.8 Å². The lowest BCUT2D eigenvalue weighted by atomic mass is 9.84. The summed E-state index contributed by atoms with van der Waals surface area (Å²) in [6, 6.07) is 3.36. The lowest BCUT2D eigenvalue weighted by molar-refractivity contribution is -0.138. The molecule has 3 rings (SSSR count). The third-order valence-electron chi connectivity index (χ3n) is 6.70. The van der Waals surface area contributed by atoms with E-state index in [0.717, 1.165) is 18.9 Å². The van der Waals surface area contributed by atoms with Crippen molar-refractivity contribution >= 4 is 17.7 Å². The van der Waals surface area contributed by atoms with Gasteiger partial charge in [-0.1, -0.05) is 6.07 Å². The molecule has 1 saturated carbocycles. The predicted octanol–water partition coefficient (Wildman–Crippen LogP) is 2.85. The first-order valence-electron chi connectivity index (χ1n) is 11.4. The maximum absolute atomic E-state index is 14.4. The number of hydrogen-bond acceptors (Lipinski definition) is 3. The van der Waals surface area contributed by atoms with Gasteiger partial charge >= 0.3 is 0 Å². The zero-order valence-corrected chi connectivity index (χ0v) is 19.2. The number of rotatable bonds is 8. The second-order valence-corrected chi connectivity index (χ2v) is 9.24. The van der Waals surface area contributed by atoms with Gasteiger partial charge in [0.1, 0.15) is 11.6 Å². The average Bonchev–Trinajstić information content (AvgIpc) is 3.61. The van der Waals surface area contributed by atoms with Crippen molar-refractivity contribution in [1.29, 1.82) is 0 Å². The van der Waals surface area contributed by atoms with Crippen molar-refractivity contribution < 1.29 is 23.2 Å². The summed E-state index contributed by atoms with van der Waals surface area (Å²) in [7, 11) is 5.11. The minimum Gasteiger partial charge on any atom is -0.349 e. The van der Waals surface area contributed by atoms with Crippen LogP contribution in [0.4, 0.5) is 8.78 Å². The Morgan fingerprint density at radius 3 is 2.25 bits per heavy atom. The van der Waals surface area contributed by atoms with E-state index in [1.165, 1.54) is 17.0 Å². The summed E-state index contributed by atoms with van der Waals surface area (Å²) in [6.45, 7) is 1.10. The molecule has 1 heterocycles. The molecule has 1 atom stereocenters. The number of carbonyl (C=O) groups excluding carboxylic acids is 3. The lowest BCUT2D eigenvalue weighted by Crippen LogP contribution is -2.49. The summed E-state index contributed by atoms with van der Waals surface area (Å²) in [4.78, 5) is 42.0. The minimum atomic E-state index is -0.621. The highest BCUT2D eigenvalue weighted by molar-refractivity contribution is 5.83. The van der Waals surface area contributed by atoms with E-state index in [1.807, 2.05) is 0 Å². The van der Waals surface area contributed by atoms with Crippen molar-refractivity contribution in [3.05, 3.63) is 35.4 Å². The molecule has 6 nitrogen and oxygen atoms in total. The summed E-state index contributed by atoms with van der Waals surface area (Å²) in [5, 5.41) is 0. The minimum absolute atomic E-state index is 0.0396. The summed E-state index contributed by atoms with van der Waals surface area (Å²) in [5.74, 6) is -1.09.